The molecule has 0 aromatic rings. The van der Waals surface area contributed by atoms with Crippen molar-refractivity contribution in [3.05, 3.63) is 11.9 Å². The Morgan fingerprint density at radius 1 is 0.516 bits per heavy atom. The number of ether oxygens (including phenoxy) is 5. The summed E-state index contributed by atoms with van der Waals surface area (Å²) < 4.78 is 27.0. The van der Waals surface area contributed by atoms with Gasteiger partial charge in [0.2, 0.25) is 70.9 Å². The summed E-state index contributed by atoms with van der Waals surface area (Å²) in [4.78, 5) is 157. The Kier molecular flexibility index (Phi) is 44.1. The minimum Gasteiger partial charge on any atom is -0.403 e. The molecule has 0 bridgehead atoms. The first kappa shape index (κ1) is 82.9. The Labute approximate surface area is 539 Å². The van der Waals surface area contributed by atoms with Crippen LogP contribution in [0, 0.1) is 5.92 Å². The minimum absolute atomic E-state index is 0.00285. The van der Waals surface area contributed by atoms with E-state index in [9.17, 15) is 67.7 Å². The summed E-state index contributed by atoms with van der Waals surface area (Å²) in [6.07, 6.45) is 2.37. The molecule has 7 atom stereocenters. The van der Waals surface area contributed by atoms with Crippen LogP contribution in [0.15, 0.2) is 16.9 Å². The SMILES string of the molecule is CC(O)[C@H](N)C(=O)N[C@@H](C/C(N)=C/N)C(=O)NCC(=O)NCC(=O)NCCOCCOCCOCCOCCOCC(=O)NCC(=O)N[C@@H](C)C(=O)N[C@@H](CCCCN)C(=O)N[C@@H](CC1CCC(O)CC1)C(=O)N[C@@H](CCCN=C(N)N)C(=O)NCC(=O)NCC(N)=O. The van der Waals surface area contributed by atoms with Gasteiger partial charge in [0.15, 0.2) is 5.96 Å². The second-order valence-corrected chi connectivity index (χ2v) is 21.5. The molecule has 38 heteroatoms. The minimum atomic E-state index is -1.32. The van der Waals surface area contributed by atoms with Crippen LogP contribution >= 0.6 is 0 Å². The zero-order chi connectivity index (χ0) is 69.5. The molecular formula is C55H101N19O19. The van der Waals surface area contributed by atoms with E-state index in [0.29, 0.717) is 38.5 Å². The molecule has 38 nitrogen and oxygen atoms in total. The molecule has 0 aliphatic heterocycles. The lowest BCUT2D eigenvalue weighted by Crippen LogP contribution is -2.58. The second kappa shape index (κ2) is 49.5. The van der Waals surface area contributed by atoms with E-state index in [1.807, 2.05) is 0 Å². The van der Waals surface area contributed by atoms with E-state index < -0.39 is 152 Å². The van der Waals surface area contributed by atoms with Gasteiger partial charge in [-0.2, -0.15) is 0 Å². The predicted molar refractivity (Wildman–Crippen MR) is 333 cm³/mol. The van der Waals surface area contributed by atoms with Gasteiger partial charge in [0.1, 0.15) is 42.9 Å². The number of aliphatic imine (C=N–C) groups is 1. The van der Waals surface area contributed by atoms with E-state index in [4.69, 9.17) is 63.8 Å². The van der Waals surface area contributed by atoms with Gasteiger partial charge >= 0.3 is 0 Å². The molecule has 0 radical (unpaired) electrons. The first-order chi connectivity index (χ1) is 44.3. The fourth-order valence-electron chi connectivity index (χ4n) is 8.35. The van der Waals surface area contributed by atoms with E-state index in [1.165, 1.54) is 13.8 Å². The van der Waals surface area contributed by atoms with Crippen molar-refractivity contribution in [1.82, 2.24) is 58.5 Å². The number of guanidine groups is 1. The second-order valence-electron chi connectivity index (χ2n) is 21.5. The number of hydrogen-bond acceptors (Lipinski definition) is 24. The van der Waals surface area contributed by atoms with Crippen LogP contribution in [-0.4, -0.2) is 254 Å². The van der Waals surface area contributed by atoms with E-state index in [2.05, 4.69) is 63.5 Å². The maximum Gasteiger partial charge on any atom is 0.246 e. The number of carbonyl (C=O) groups is 12. The number of rotatable bonds is 51. The number of carbonyl (C=O) groups excluding carboxylic acids is 12. The predicted octanol–water partition coefficient (Wildman–Crippen LogP) is -10.3. The Morgan fingerprint density at radius 3 is 1.54 bits per heavy atom. The third-order valence-corrected chi connectivity index (χ3v) is 13.5. The van der Waals surface area contributed by atoms with Crippen LogP contribution in [0.25, 0.3) is 0 Å². The van der Waals surface area contributed by atoms with Gasteiger partial charge in [0, 0.05) is 31.4 Å². The molecule has 1 aliphatic carbocycles. The van der Waals surface area contributed by atoms with Crippen molar-refractivity contribution >= 4 is 76.8 Å². The molecule has 0 aromatic heterocycles. The largest absolute Gasteiger partial charge is 0.403 e. The molecule has 12 amide bonds. The quantitative estimate of drug-likeness (QED) is 0.0153. The molecule has 27 N–H and O–H groups in total. The van der Waals surface area contributed by atoms with Crippen LogP contribution in [0.1, 0.15) is 84.5 Å². The molecule has 1 fully saturated rings. The van der Waals surface area contributed by atoms with Crippen LogP contribution in [0.2, 0.25) is 0 Å². The highest BCUT2D eigenvalue weighted by Gasteiger charge is 2.34. The van der Waals surface area contributed by atoms with Crippen molar-refractivity contribution < 1.29 is 91.4 Å². The van der Waals surface area contributed by atoms with Gasteiger partial charge < -0.3 is 133 Å². The molecule has 1 saturated carbocycles. The first-order valence-electron chi connectivity index (χ1n) is 30.6. The Hall–Kier alpha value is -8.11. The number of hydrogen-bond donors (Lipinski definition) is 20. The molecule has 0 aromatic carbocycles. The van der Waals surface area contributed by atoms with Crippen molar-refractivity contribution in [2.75, 3.05) is 118 Å². The fraction of sp³-hybridized carbons (Fsp3) is 0.727. The number of amides is 12. The van der Waals surface area contributed by atoms with Crippen molar-refractivity contribution in [2.24, 2.45) is 51.0 Å². The Balaban J connectivity index is 2.46. The summed E-state index contributed by atoms with van der Waals surface area (Å²) in [5.74, 6) is -9.07. The van der Waals surface area contributed by atoms with E-state index >= 15 is 0 Å². The molecule has 93 heavy (non-hydrogen) atoms. The van der Waals surface area contributed by atoms with Gasteiger partial charge in [0.25, 0.3) is 0 Å². The van der Waals surface area contributed by atoms with Crippen molar-refractivity contribution in [3.8, 4) is 0 Å². The van der Waals surface area contributed by atoms with Crippen molar-refractivity contribution in [1.29, 1.82) is 0 Å². The van der Waals surface area contributed by atoms with Gasteiger partial charge in [-0.25, -0.2) is 0 Å². The number of nitrogens with one attached hydrogen (secondary N) is 11. The maximum absolute atomic E-state index is 14.1. The smallest absolute Gasteiger partial charge is 0.246 e. The molecular weight excluding hydrogens is 1230 g/mol. The van der Waals surface area contributed by atoms with Gasteiger partial charge in [-0.15, -0.1) is 0 Å². The highest BCUT2D eigenvalue weighted by Crippen LogP contribution is 2.28. The average Bonchev–Trinajstić information content (AvgIpc) is 1.02. The third-order valence-electron chi connectivity index (χ3n) is 13.5. The van der Waals surface area contributed by atoms with E-state index in [-0.39, 0.29) is 135 Å². The van der Waals surface area contributed by atoms with Gasteiger partial charge in [-0.1, -0.05) is 0 Å². The third kappa shape index (κ3) is 41.2. The number of primary amides is 1. The lowest BCUT2D eigenvalue weighted by atomic mass is 9.83. The zero-order valence-electron chi connectivity index (χ0n) is 53.1. The highest BCUT2D eigenvalue weighted by atomic mass is 16.6. The lowest BCUT2D eigenvalue weighted by Gasteiger charge is -2.31. The Morgan fingerprint density at radius 2 is 0.978 bits per heavy atom. The van der Waals surface area contributed by atoms with Crippen molar-refractivity contribution in [3.63, 3.8) is 0 Å². The summed E-state index contributed by atoms with van der Waals surface area (Å²) in [6.45, 7) is 2.07. The maximum atomic E-state index is 14.1. The number of nitrogens with zero attached hydrogens (tertiary/aromatic N) is 1. The van der Waals surface area contributed by atoms with Crippen molar-refractivity contribution in [2.45, 2.75) is 133 Å². The summed E-state index contributed by atoms with van der Waals surface area (Å²) >= 11 is 0. The van der Waals surface area contributed by atoms with Crippen LogP contribution in [0.5, 0.6) is 0 Å². The first-order valence-corrected chi connectivity index (χ1v) is 30.6. The van der Waals surface area contributed by atoms with E-state index in [0.717, 1.165) is 6.20 Å². The van der Waals surface area contributed by atoms with Gasteiger partial charge in [-0.3, -0.25) is 62.5 Å². The molecule has 0 saturated heterocycles. The summed E-state index contributed by atoms with van der Waals surface area (Å²) in [7, 11) is 0. The number of nitrogens with two attached hydrogens (primary N) is 7. The molecule has 1 unspecified atom stereocenters. The summed E-state index contributed by atoms with van der Waals surface area (Å²) in [6, 6.07) is -7.49. The highest BCUT2D eigenvalue weighted by molar-refractivity contribution is 5.97. The topological polar surface area (TPSA) is 618 Å². The molecule has 0 spiro atoms. The summed E-state index contributed by atoms with van der Waals surface area (Å²) in [5.41, 5.74) is 38.4. The number of aliphatic hydroxyl groups is 2. The monoisotopic (exact) mass is 1330 g/mol. The lowest BCUT2D eigenvalue weighted by molar-refractivity contribution is -0.135. The average molecular weight is 1330 g/mol. The molecule has 0 heterocycles. The normalized spacial score (nSPS) is 16.0. The molecule has 1 rings (SSSR count). The number of aliphatic hydroxyl groups excluding tert-OH is 2. The van der Waals surface area contributed by atoms with Gasteiger partial charge in [0.05, 0.1) is 104 Å². The zero-order valence-corrected chi connectivity index (χ0v) is 53.1. The van der Waals surface area contributed by atoms with Crippen LogP contribution in [-0.2, 0) is 81.2 Å². The standard InChI is InChI=1S/C55H101N19O19/c1-33(49(83)71-39(6-3-4-12-56)52(86)73-40(24-35-8-10-37(76)11-9-35)53(87)72-38(7-5-13-64-55(61)62)50(84)68-29-44(79)65-27-42(59)77)70-46(81)31-67-47(82)32-93-23-22-92-21-20-91-19-18-90-17-16-89-15-14-63-43(78)28-66-45(80)30-69-51(85)41(25-36(58)26-57)74-54(88)48(60)34(2)75/h26,33-35,37-41,48,75-76H,3-25,27-32,56-58,60H2,1-2H3,(H2,59,77)(H,63,78)(H,65,79)(H,66,80)(H,67,82)(H,68,84)(H,69,85)(H,70,81)(H,71,83)(H,72,87)(H,73,86)(H,74,88)(H4,61,62,64)/b36-26-/t33-,34?,35?,37?,38-,39-,40-,41-,48-/m0/s1. The Bertz CT molecular complexity index is 2400. The van der Waals surface area contributed by atoms with Gasteiger partial charge in [-0.05, 0) is 90.5 Å². The van der Waals surface area contributed by atoms with Crippen LogP contribution in [0.3, 0.4) is 0 Å². The fourth-order valence-corrected chi connectivity index (χ4v) is 8.35. The molecule has 1 aliphatic rings. The van der Waals surface area contributed by atoms with E-state index in [1.54, 1.807) is 0 Å². The summed E-state index contributed by atoms with van der Waals surface area (Å²) in [5, 5.41) is 46.8. The number of unbranched alkanes of at least 4 members (excludes halogenated alkanes) is 1. The molecule has 530 valence electrons. The van der Waals surface area contributed by atoms with Crippen LogP contribution in [0.4, 0.5) is 0 Å². The van der Waals surface area contributed by atoms with Crippen LogP contribution < -0.4 is 98.6 Å².